The van der Waals surface area contributed by atoms with Crippen molar-refractivity contribution in [2.75, 3.05) is 6.54 Å². The fraction of sp³-hybridized carbons (Fsp3) is 0.875. The van der Waals surface area contributed by atoms with Crippen molar-refractivity contribution < 1.29 is 9.59 Å². The van der Waals surface area contributed by atoms with Crippen LogP contribution in [0, 0.1) is 5.92 Å². The van der Waals surface area contributed by atoms with Gasteiger partial charge in [0.15, 0.2) is 0 Å². The van der Waals surface area contributed by atoms with Crippen molar-refractivity contribution >= 4 is 11.8 Å². The van der Waals surface area contributed by atoms with Crippen LogP contribution in [0.5, 0.6) is 0 Å². The van der Waals surface area contributed by atoms with Crippen molar-refractivity contribution in [2.24, 2.45) is 5.92 Å². The molecule has 20 heavy (non-hydrogen) atoms. The summed E-state index contributed by atoms with van der Waals surface area (Å²) in [5, 5.41) is 3.03. The van der Waals surface area contributed by atoms with Crippen LogP contribution in [-0.2, 0) is 9.59 Å². The number of carbonyl (C=O) groups is 2. The third kappa shape index (κ3) is 2.84. The van der Waals surface area contributed by atoms with E-state index in [-0.39, 0.29) is 17.9 Å². The number of nitrogens with zero attached hydrogens (tertiary/aromatic N) is 1. The number of piperazine rings is 1. The minimum absolute atomic E-state index is 0.0531. The quantitative estimate of drug-likeness (QED) is 0.728. The first-order valence-corrected chi connectivity index (χ1v) is 8.17. The fourth-order valence-electron chi connectivity index (χ4n) is 3.26. The first-order valence-electron chi connectivity index (χ1n) is 8.17. The third-order valence-corrected chi connectivity index (χ3v) is 4.73. The molecule has 2 rings (SSSR count). The maximum Gasteiger partial charge on any atom is 0.249 e. The van der Waals surface area contributed by atoms with E-state index in [2.05, 4.69) is 19.2 Å². The number of hydrogen-bond acceptors (Lipinski definition) is 2. The molecule has 2 fully saturated rings. The topological polar surface area (TPSA) is 49.4 Å². The molecule has 0 aromatic heterocycles. The van der Waals surface area contributed by atoms with E-state index in [1.54, 1.807) is 0 Å². The summed E-state index contributed by atoms with van der Waals surface area (Å²) in [6.45, 7) is 6.87. The van der Waals surface area contributed by atoms with E-state index in [0.29, 0.717) is 5.92 Å². The van der Waals surface area contributed by atoms with Gasteiger partial charge in [-0.2, -0.15) is 0 Å². The van der Waals surface area contributed by atoms with Crippen LogP contribution in [0.4, 0.5) is 0 Å². The lowest BCUT2D eigenvalue weighted by Gasteiger charge is -2.45. The van der Waals surface area contributed by atoms with E-state index in [1.165, 1.54) is 0 Å². The first-order chi connectivity index (χ1) is 9.54. The van der Waals surface area contributed by atoms with Gasteiger partial charge in [0.2, 0.25) is 11.8 Å². The van der Waals surface area contributed by atoms with Gasteiger partial charge in [0.05, 0.1) is 0 Å². The highest BCUT2D eigenvalue weighted by atomic mass is 16.2. The molecule has 1 saturated heterocycles. The fourth-order valence-corrected chi connectivity index (χ4v) is 3.26. The highest BCUT2D eigenvalue weighted by Crippen LogP contribution is 2.42. The maximum atomic E-state index is 12.9. The molecule has 2 atom stereocenters. The van der Waals surface area contributed by atoms with E-state index < -0.39 is 5.54 Å². The van der Waals surface area contributed by atoms with Gasteiger partial charge in [-0.25, -0.2) is 0 Å². The van der Waals surface area contributed by atoms with Crippen molar-refractivity contribution in [1.29, 1.82) is 0 Å². The van der Waals surface area contributed by atoms with E-state index in [9.17, 15) is 9.59 Å². The summed E-state index contributed by atoms with van der Waals surface area (Å²) in [5.41, 5.74) is -0.645. The Balaban J connectivity index is 2.14. The lowest BCUT2D eigenvalue weighted by molar-refractivity contribution is -0.155. The number of nitrogens with one attached hydrogen (secondary N) is 1. The Hall–Kier alpha value is -1.06. The van der Waals surface area contributed by atoms with Crippen molar-refractivity contribution in [3.63, 3.8) is 0 Å². The second-order valence-electron chi connectivity index (χ2n) is 6.48. The average Bonchev–Trinajstić information content (AvgIpc) is 3.24. The molecule has 1 aliphatic carbocycles. The van der Waals surface area contributed by atoms with Gasteiger partial charge < -0.3 is 10.2 Å². The normalized spacial score (nSPS) is 30.6. The van der Waals surface area contributed by atoms with Crippen LogP contribution in [0.3, 0.4) is 0 Å². The van der Waals surface area contributed by atoms with Gasteiger partial charge in [-0.15, -0.1) is 0 Å². The smallest absolute Gasteiger partial charge is 0.249 e. The Kier molecular flexibility index (Phi) is 4.71. The minimum atomic E-state index is -0.645. The summed E-state index contributed by atoms with van der Waals surface area (Å²) >= 11 is 0. The Morgan fingerprint density at radius 1 is 1.20 bits per heavy atom. The lowest BCUT2D eigenvalue weighted by atomic mass is 9.88. The molecule has 0 aromatic carbocycles. The third-order valence-electron chi connectivity index (χ3n) is 4.73. The van der Waals surface area contributed by atoms with Gasteiger partial charge in [0, 0.05) is 6.54 Å². The predicted molar refractivity (Wildman–Crippen MR) is 79.2 cm³/mol. The molecule has 0 radical (unpaired) electrons. The van der Waals surface area contributed by atoms with Crippen molar-refractivity contribution in [1.82, 2.24) is 10.2 Å². The molecule has 2 aliphatic rings. The number of amides is 2. The zero-order chi connectivity index (χ0) is 14.8. The lowest BCUT2D eigenvalue weighted by Crippen LogP contribution is -2.70. The standard InChI is InChI=1S/C16H28N2O2/c1-4-6-7-11-18-13(8-5-2)14(19)17-16(3,15(18)20)12-9-10-12/h12-13H,4-11H2,1-3H3,(H,17,19). The van der Waals surface area contributed by atoms with Crippen molar-refractivity contribution in [3.05, 3.63) is 0 Å². The first kappa shape index (κ1) is 15.3. The number of carbonyl (C=O) groups excluding carboxylic acids is 2. The molecule has 114 valence electrons. The van der Waals surface area contributed by atoms with E-state index in [1.807, 2.05) is 11.8 Å². The molecule has 1 aliphatic heterocycles. The van der Waals surface area contributed by atoms with Crippen LogP contribution in [0.1, 0.15) is 65.7 Å². The Morgan fingerprint density at radius 3 is 2.45 bits per heavy atom. The molecule has 2 unspecified atom stereocenters. The molecule has 1 N–H and O–H groups in total. The molecule has 1 heterocycles. The van der Waals surface area contributed by atoms with E-state index >= 15 is 0 Å². The van der Waals surface area contributed by atoms with E-state index in [4.69, 9.17) is 0 Å². The molecular weight excluding hydrogens is 252 g/mol. The molecule has 1 saturated carbocycles. The Morgan fingerprint density at radius 2 is 1.90 bits per heavy atom. The molecule has 4 nitrogen and oxygen atoms in total. The number of rotatable bonds is 7. The zero-order valence-electron chi connectivity index (χ0n) is 13.1. The number of unbranched alkanes of at least 4 members (excludes halogenated alkanes) is 2. The van der Waals surface area contributed by atoms with Crippen LogP contribution < -0.4 is 5.32 Å². The highest BCUT2D eigenvalue weighted by molar-refractivity contribution is 6.00. The van der Waals surface area contributed by atoms with Crippen molar-refractivity contribution in [2.45, 2.75) is 77.3 Å². The summed E-state index contributed by atoms with van der Waals surface area (Å²) < 4.78 is 0. The van der Waals surface area contributed by atoms with Crippen LogP contribution in [-0.4, -0.2) is 34.8 Å². The zero-order valence-corrected chi connectivity index (χ0v) is 13.1. The summed E-state index contributed by atoms with van der Waals surface area (Å²) in [6.07, 6.45) is 7.06. The second kappa shape index (κ2) is 6.15. The van der Waals surface area contributed by atoms with Gasteiger partial charge in [-0.1, -0.05) is 33.1 Å². The van der Waals surface area contributed by atoms with Crippen LogP contribution in [0.15, 0.2) is 0 Å². The van der Waals surface area contributed by atoms with Crippen LogP contribution in [0.25, 0.3) is 0 Å². The van der Waals surface area contributed by atoms with Gasteiger partial charge in [-0.05, 0) is 38.5 Å². The summed E-state index contributed by atoms with van der Waals surface area (Å²) in [7, 11) is 0. The summed E-state index contributed by atoms with van der Waals surface area (Å²) in [5.74, 6) is 0.543. The van der Waals surface area contributed by atoms with E-state index in [0.717, 1.165) is 51.5 Å². The molecule has 0 spiro atoms. The maximum absolute atomic E-state index is 12.9. The second-order valence-corrected chi connectivity index (χ2v) is 6.48. The molecule has 0 aromatic rings. The van der Waals surface area contributed by atoms with Gasteiger partial charge in [0.25, 0.3) is 0 Å². The molecular formula is C16H28N2O2. The van der Waals surface area contributed by atoms with Crippen LogP contribution in [0.2, 0.25) is 0 Å². The molecule has 4 heteroatoms. The summed E-state index contributed by atoms with van der Waals surface area (Å²) in [4.78, 5) is 27.2. The summed E-state index contributed by atoms with van der Waals surface area (Å²) in [6, 6.07) is -0.254. The predicted octanol–water partition coefficient (Wildman–Crippen LogP) is 2.47. The molecule has 2 amide bonds. The van der Waals surface area contributed by atoms with Gasteiger partial charge in [-0.3, -0.25) is 9.59 Å². The Bertz CT molecular complexity index is 379. The minimum Gasteiger partial charge on any atom is -0.340 e. The van der Waals surface area contributed by atoms with Crippen molar-refractivity contribution in [3.8, 4) is 0 Å². The monoisotopic (exact) mass is 280 g/mol. The number of hydrogen-bond donors (Lipinski definition) is 1. The largest absolute Gasteiger partial charge is 0.340 e. The SMILES string of the molecule is CCCCCN1C(=O)C(C)(C2CC2)NC(=O)C1CCC. The average molecular weight is 280 g/mol. The molecule has 0 bridgehead atoms. The van der Waals surface area contributed by atoms with Crippen LogP contribution >= 0.6 is 0 Å². The van der Waals surface area contributed by atoms with Gasteiger partial charge in [0.1, 0.15) is 11.6 Å². The highest BCUT2D eigenvalue weighted by Gasteiger charge is 2.54. The van der Waals surface area contributed by atoms with Gasteiger partial charge >= 0.3 is 0 Å². The Labute approximate surface area is 122 Å².